The second-order valence-electron chi connectivity index (χ2n) is 4.42. The van der Waals surface area contributed by atoms with Gasteiger partial charge in [0.2, 0.25) is 0 Å². The van der Waals surface area contributed by atoms with Crippen molar-refractivity contribution in [2.75, 3.05) is 5.32 Å². The summed E-state index contributed by atoms with van der Waals surface area (Å²) in [6.45, 7) is 2.89. The molecule has 0 fully saturated rings. The molecular formula is C12H15N5. The average molecular weight is 229 g/mol. The Morgan fingerprint density at radius 1 is 1.41 bits per heavy atom. The van der Waals surface area contributed by atoms with Crippen molar-refractivity contribution in [2.24, 2.45) is 0 Å². The number of pyridine rings is 1. The molecule has 0 amide bonds. The minimum Gasteiger partial charge on any atom is -0.380 e. The number of nitrogens with zero attached hydrogens (tertiary/aromatic N) is 4. The highest BCUT2D eigenvalue weighted by atomic mass is 15.3. The first-order chi connectivity index (χ1) is 8.31. The fourth-order valence-corrected chi connectivity index (χ4v) is 2.23. The van der Waals surface area contributed by atoms with Crippen molar-refractivity contribution in [1.82, 2.24) is 19.7 Å². The molecular weight excluding hydrogens is 214 g/mol. The molecule has 0 radical (unpaired) electrons. The number of hydrogen-bond acceptors (Lipinski definition) is 4. The van der Waals surface area contributed by atoms with Crippen molar-refractivity contribution in [3.8, 4) is 0 Å². The molecule has 88 valence electrons. The first kappa shape index (κ1) is 10.3. The number of nitrogens with one attached hydrogen (secondary N) is 1. The normalized spacial score (nSPS) is 18.8. The SMILES string of the molecule is Cc1cc(NC2CCc3ncnn3C2)ccn1. The standard InChI is InChI=1S/C12H15N5/c1-9-6-10(4-5-13-9)16-11-2-3-12-14-8-15-17(12)7-11/h4-6,8,11H,2-3,7H2,1H3,(H,13,16). The van der Waals surface area contributed by atoms with Crippen molar-refractivity contribution >= 4 is 5.69 Å². The van der Waals surface area contributed by atoms with Gasteiger partial charge in [0.15, 0.2) is 0 Å². The molecule has 2 aromatic rings. The second kappa shape index (κ2) is 4.16. The predicted octanol–water partition coefficient (Wildman–Crippen LogP) is 1.41. The van der Waals surface area contributed by atoms with Crippen LogP contribution in [0, 0.1) is 6.92 Å². The van der Waals surface area contributed by atoms with Gasteiger partial charge in [0.05, 0.1) is 6.54 Å². The molecule has 2 aromatic heterocycles. The van der Waals surface area contributed by atoms with E-state index in [1.807, 2.05) is 23.9 Å². The van der Waals surface area contributed by atoms with E-state index in [0.29, 0.717) is 6.04 Å². The van der Waals surface area contributed by atoms with E-state index in [2.05, 4.69) is 26.4 Å². The summed E-state index contributed by atoms with van der Waals surface area (Å²) in [6.07, 6.45) is 5.55. The van der Waals surface area contributed by atoms with Gasteiger partial charge in [0, 0.05) is 30.0 Å². The molecule has 17 heavy (non-hydrogen) atoms. The van der Waals surface area contributed by atoms with Crippen LogP contribution in [0.4, 0.5) is 5.69 Å². The summed E-state index contributed by atoms with van der Waals surface area (Å²) in [7, 11) is 0. The Labute approximate surface area is 99.9 Å². The van der Waals surface area contributed by atoms with Crippen molar-refractivity contribution in [1.29, 1.82) is 0 Å². The summed E-state index contributed by atoms with van der Waals surface area (Å²) in [4.78, 5) is 8.42. The summed E-state index contributed by atoms with van der Waals surface area (Å²) in [6, 6.07) is 4.49. The molecule has 5 nitrogen and oxygen atoms in total. The van der Waals surface area contributed by atoms with Crippen LogP contribution in [0.2, 0.25) is 0 Å². The summed E-state index contributed by atoms with van der Waals surface area (Å²) >= 11 is 0. The van der Waals surface area contributed by atoms with Crippen molar-refractivity contribution < 1.29 is 0 Å². The van der Waals surface area contributed by atoms with Gasteiger partial charge in [-0.2, -0.15) is 5.10 Å². The van der Waals surface area contributed by atoms with E-state index in [4.69, 9.17) is 0 Å². The minimum atomic E-state index is 0.422. The van der Waals surface area contributed by atoms with Crippen LogP contribution in [0.5, 0.6) is 0 Å². The maximum atomic E-state index is 4.23. The lowest BCUT2D eigenvalue weighted by atomic mass is 10.1. The van der Waals surface area contributed by atoms with Crippen LogP contribution in [0.3, 0.4) is 0 Å². The third-order valence-electron chi connectivity index (χ3n) is 3.07. The van der Waals surface area contributed by atoms with Crippen molar-refractivity contribution in [2.45, 2.75) is 32.4 Å². The van der Waals surface area contributed by atoms with Gasteiger partial charge >= 0.3 is 0 Å². The highest BCUT2D eigenvalue weighted by Crippen LogP contribution is 2.16. The minimum absolute atomic E-state index is 0.422. The molecule has 0 bridgehead atoms. The number of aryl methyl sites for hydroxylation is 2. The highest BCUT2D eigenvalue weighted by molar-refractivity contribution is 5.43. The summed E-state index contributed by atoms with van der Waals surface area (Å²) < 4.78 is 1.98. The van der Waals surface area contributed by atoms with Gasteiger partial charge in [-0.25, -0.2) is 9.67 Å². The van der Waals surface area contributed by atoms with E-state index in [0.717, 1.165) is 36.6 Å². The lowest BCUT2D eigenvalue weighted by Gasteiger charge is -2.24. The third-order valence-corrected chi connectivity index (χ3v) is 3.07. The Hall–Kier alpha value is -1.91. The molecule has 0 spiro atoms. The lowest BCUT2D eigenvalue weighted by molar-refractivity contribution is 0.441. The Kier molecular flexibility index (Phi) is 2.51. The maximum Gasteiger partial charge on any atom is 0.138 e. The zero-order valence-corrected chi connectivity index (χ0v) is 9.80. The van der Waals surface area contributed by atoms with E-state index in [-0.39, 0.29) is 0 Å². The molecule has 1 aliphatic rings. The predicted molar refractivity (Wildman–Crippen MR) is 64.7 cm³/mol. The third kappa shape index (κ3) is 2.13. The summed E-state index contributed by atoms with van der Waals surface area (Å²) in [5.41, 5.74) is 2.17. The van der Waals surface area contributed by atoms with E-state index in [9.17, 15) is 0 Å². The molecule has 5 heteroatoms. The molecule has 0 saturated carbocycles. The summed E-state index contributed by atoms with van der Waals surface area (Å²) in [5.74, 6) is 1.09. The molecule has 3 heterocycles. The van der Waals surface area contributed by atoms with Gasteiger partial charge in [-0.3, -0.25) is 4.98 Å². The van der Waals surface area contributed by atoms with Crippen molar-refractivity contribution in [3.05, 3.63) is 36.2 Å². The van der Waals surface area contributed by atoms with E-state index in [1.54, 1.807) is 6.33 Å². The zero-order valence-electron chi connectivity index (χ0n) is 9.80. The van der Waals surface area contributed by atoms with Gasteiger partial charge in [-0.1, -0.05) is 0 Å². The fraction of sp³-hybridized carbons (Fsp3) is 0.417. The largest absolute Gasteiger partial charge is 0.380 e. The van der Waals surface area contributed by atoms with Gasteiger partial charge in [-0.05, 0) is 25.5 Å². The second-order valence-corrected chi connectivity index (χ2v) is 4.42. The van der Waals surface area contributed by atoms with E-state index < -0.39 is 0 Å². The fourth-order valence-electron chi connectivity index (χ4n) is 2.23. The van der Waals surface area contributed by atoms with Crippen molar-refractivity contribution in [3.63, 3.8) is 0 Å². The first-order valence-electron chi connectivity index (χ1n) is 5.87. The molecule has 0 aliphatic carbocycles. The smallest absolute Gasteiger partial charge is 0.138 e. The number of anilines is 1. The van der Waals surface area contributed by atoms with Crippen LogP contribution < -0.4 is 5.32 Å². The number of aromatic nitrogens is 4. The number of fused-ring (bicyclic) bond motifs is 1. The van der Waals surface area contributed by atoms with Crippen LogP contribution in [0.25, 0.3) is 0 Å². The maximum absolute atomic E-state index is 4.23. The molecule has 1 unspecified atom stereocenters. The highest BCUT2D eigenvalue weighted by Gasteiger charge is 2.19. The van der Waals surface area contributed by atoms with E-state index in [1.165, 1.54) is 0 Å². The van der Waals surface area contributed by atoms with Crippen LogP contribution in [0.1, 0.15) is 17.9 Å². The average Bonchev–Trinajstić information content (AvgIpc) is 2.76. The van der Waals surface area contributed by atoms with Crippen LogP contribution >= 0.6 is 0 Å². The lowest BCUT2D eigenvalue weighted by Crippen LogP contribution is -2.31. The van der Waals surface area contributed by atoms with Gasteiger partial charge in [0.1, 0.15) is 12.2 Å². The first-order valence-corrected chi connectivity index (χ1v) is 5.87. The van der Waals surface area contributed by atoms with Gasteiger partial charge in [0.25, 0.3) is 0 Å². The van der Waals surface area contributed by atoms with E-state index >= 15 is 0 Å². The Morgan fingerprint density at radius 2 is 2.35 bits per heavy atom. The number of rotatable bonds is 2. The van der Waals surface area contributed by atoms with Crippen LogP contribution in [-0.4, -0.2) is 25.8 Å². The van der Waals surface area contributed by atoms with Crippen LogP contribution in [0.15, 0.2) is 24.7 Å². The molecule has 3 rings (SSSR count). The molecule has 0 aromatic carbocycles. The topological polar surface area (TPSA) is 55.6 Å². The monoisotopic (exact) mass is 229 g/mol. The Balaban J connectivity index is 1.72. The quantitative estimate of drug-likeness (QED) is 0.846. The number of hydrogen-bond donors (Lipinski definition) is 1. The zero-order chi connectivity index (χ0) is 11.7. The molecule has 1 aliphatic heterocycles. The summed E-state index contributed by atoms with van der Waals surface area (Å²) in [5, 5.41) is 7.74. The molecule has 1 atom stereocenters. The Morgan fingerprint density at radius 3 is 3.24 bits per heavy atom. The van der Waals surface area contributed by atoms with Gasteiger partial charge < -0.3 is 5.32 Å². The van der Waals surface area contributed by atoms with Crippen LogP contribution in [-0.2, 0) is 13.0 Å². The Bertz CT molecular complexity index is 519. The molecule has 0 saturated heterocycles. The molecule has 1 N–H and O–H groups in total. The van der Waals surface area contributed by atoms with Gasteiger partial charge in [-0.15, -0.1) is 0 Å².